The monoisotopic (exact) mass is 310 g/mol. The number of nitrogens with zero attached hydrogens (tertiary/aromatic N) is 5. The number of carbonyl (C=O) groups excluding carboxylic acids is 1. The minimum absolute atomic E-state index is 0.288. The standard InChI is InChI=1S/C16H18N6O/c1-10-14(12(3)21(4)18-10)17-16(23)15-11(2)19-22(20-15)13-8-6-5-7-9-13/h5-9H,1-4H3,(H,17,23). The number of nitrogens with one attached hydrogen (secondary N) is 1. The Morgan fingerprint density at radius 1 is 1.00 bits per heavy atom. The summed E-state index contributed by atoms with van der Waals surface area (Å²) < 4.78 is 1.73. The molecule has 0 aliphatic heterocycles. The van der Waals surface area contributed by atoms with Gasteiger partial charge in [-0.15, -0.1) is 5.10 Å². The average Bonchev–Trinajstić information content (AvgIpc) is 3.04. The van der Waals surface area contributed by atoms with Gasteiger partial charge in [0, 0.05) is 7.05 Å². The fourth-order valence-corrected chi connectivity index (χ4v) is 2.39. The lowest BCUT2D eigenvalue weighted by molar-refractivity contribution is 0.102. The van der Waals surface area contributed by atoms with Gasteiger partial charge in [0.15, 0.2) is 5.69 Å². The number of amides is 1. The number of carbonyl (C=O) groups is 1. The summed E-state index contributed by atoms with van der Waals surface area (Å²) in [7, 11) is 1.84. The first-order chi connectivity index (χ1) is 11.0. The highest BCUT2D eigenvalue weighted by atomic mass is 16.2. The van der Waals surface area contributed by atoms with Crippen LogP contribution in [0.25, 0.3) is 5.69 Å². The molecule has 0 radical (unpaired) electrons. The molecule has 1 amide bonds. The van der Waals surface area contributed by atoms with Crippen molar-refractivity contribution < 1.29 is 4.79 Å². The van der Waals surface area contributed by atoms with Gasteiger partial charge in [-0.25, -0.2) is 0 Å². The number of para-hydroxylation sites is 1. The van der Waals surface area contributed by atoms with Gasteiger partial charge in [-0.3, -0.25) is 9.48 Å². The summed E-state index contributed by atoms with van der Waals surface area (Å²) in [6.07, 6.45) is 0. The van der Waals surface area contributed by atoms with Crippen LogP contribution in [0.1, 0.15) is 27.6 Å². The highest BCUT2D eigenvalue weighted by Gasteiger charge is 2.19. The zero-order valence-corrected chi connectivity index (χ0v) is 13.5. The number of aryl methyl sites for hydroxylation is 3. The van der Waals surface area contributed by atoms with Crippen molar-refractivity contribution in [1.82, 2.24) is 24.8 Å². The third kappa shape index (κ3) is 2.73. The maximum atomic E-state index is 12.5. The quantitative estimate of drug-likeness (QED) is 0.804. The first-order valence-electron chi connectivity index (χ1n) is 7.28. The van der Waals surface area contributed by atoms with E-state index >= 15 is 0 Å². The summed E-state index contributed by atoms with van der Waals surface area (Å²) in [5.74, 6) is -0.288. The van der Waals surface area contributed by atoms with Crippen molar-refractivity contribution in [2.75, 3.05) is 5.32 Å². The lowest BCUT2D eigenvalue weighted by Gasteiger charge is -2.03. The van der Waals surface area contributed by atoms with E-state index in [1.165, 1.54) is 4.80 Å². The molecular formula is C16H18N6O. The Balaban J connectivity index is 1.90. The Morgan fingerprint density at radius 2 is 1.70 bits per heavy atom. The number of rotatable bonds is 3. The molecule has 1 N–H and O–H groups in total. The Kier molecular flexibility index (Phi) is 3.69. The van der Waals surface area contributed by atoms with Crippen LogP contribution in [0.15, 0.2) is 30.3 Å². The van der Waals surface area contributed by atoms with Crippen molar-refractivity contribution >= 4 is 11.6 Å². The normalized spacial score (nSPS) is 10.8. The summed E-state index contributed by atoms with van der Waals surface area (Å²) in [6, 6.07) is 9.49. The highest BCUT2D eigenvalue weighted by molar-refractivity contribution is 6.04. The fraction of sp³-hybridized carbons (Fsp3) is 0.250. The van der Waals surface area contributed by atoms with Crippen LogP contribution in [0.5, 0.6) is 0 Å². The van der Waals surface area contributed by atoms with Gasteiger partial charge >= 0.3 is 0 Å². The van der Waals surface area contributed by atoms with Crippen molar-refractivity contribution in [3.8, 4) is 5.69 Å². The van der Waals surface area contributed by atoms with Crippen molar-refractivity contribution in [3.05, 3.63) is 53.1 Å². The van der Waals surface area contributed by atoms with Crippen molar-refractivity contribution in [3.63, 3.8) is 0 Å². The number of aromatic nitrogens is 5. The van der Waals surface area contributed by atoms with Gasteiger partial charge in [0.05, 0.1) is 28.5 Å². The maximum Gasteiger partial charge on any atom is 0.278 e. The number of hydrogen-bond acceptors (Lipinski definition) is 4. The first-order valence-corrected chi connectivity index (χ1v) is 7.28. The lowest BCUT2D eigenvalue weighted by Crippen LogP contribution is -2.15. The molecule has 3 aromatic rings. The van der Waals surface area contributed by atoms with Crippen LogP contribution in [0.4, 0.5) is 5.69 Å². The van der Waals surface area contributed by atoms with Crippen molar-refractivity contribution in [2.45, 2.75) is 20.8 Å². The molecule has 0 aliphatic rings. The summed E-state index contributed by atoms with van der Waals surface area (Å²) in [6.45, 7) is 5.53. The van der Waals surface area contributed by atoms with Crippen molar-refractivity contribution in [2.24, 2.45) is 7.05 Å². The molecule has 2 aromatic heterocycles. The van der Waals surface area contributed by atoms with Crippen LogP contribution < -0.4 is 5.32 Å². The largest absolute Gasteiger partial charge is 0.317 e. The van der Waals surface area contributed by atoms with Crippen LogP contribution in [0.2, 0.25) is 0 Å². The average molecular weight is 310 g/mol. The smallest absolute Gasteiger partial charge is 0.278 e. The van der Waals surface area contributed by atoms with Gasteiger partial charge in [0.2, 0.25) is 0 Å². The van der Waals surface area contributed by atoms with E-state index in [9.17, 15) is 4.79 Å². The molecular weight excluding hydrogens is 292 g/mol. The van der Waals surface area contributed by atoms with E-state index in [4.69, 9.17) is 0 Å². The molecule has 0 saturated carbocycles. The van der Waals surface area contributed by atoms with E-state index in [1.54, 1.807) is 11.6 Å². The van der Waals surface area contributed by atoms with Gasteiger partial charge in [-0.2, -0.15) is 15.0 Å². The molecule has 23 heavy (non-hydrogen) atoms. The number of hydrogen-bond donors (Lipinski definition) is 1. The van der Waals surface area contributed by atoms with E-state index < -0.39 is 0 Å². The van der Waals surface area contributed by atoms with E-state index in [-0.39, 0.29) is 5.91 Å². The molecule has 7 nitrogen and oxygen atoms in total. The Labute approximate surface area is 133 Å². The highest BCUT2D eigenvalue weighted by Crippen LogP contribution is 2.19. The topological polar surface area (TPSA) is 77.6 Å². The van der Waals surface area contributed by atoms with Gasteiger partial charge in [-0.05, 0) is 32.9 Å². The van der Waals surface area contributed by atoms with Gasteiger partial charge in [-0.1, -0.05) is 18.2 Å². The summed E-state index contributed by atoms with van der Waals surface area (Å²) in [5.41, 5.74) is 4.06. The van der Waals surface area contributed by atoms with Crippen LogP contribution in [-0.2, 0) is 7.05 Å². The molecule has 0 bridgehead atoms. The van der Waals surface area contributed by atoms with Gasteiger partial charge < -0.3 is 5.32 Å². The molecule has 2 heterocycles. The second kappa shape index (κ2) is 5.68. The van der Waals surface area contributed by atoms with Crippen molar-refractivity contribution in [1.29, 1.82) is 0 Å². The summed E-state index contributed by atoms with van der Waals surface area (Å²) in [4.78, 5) is 14.0. The zero-order valence-electron chi connectivity index (χ0n) is 13.5. The summed E-state index contributed by atoms with van der Waals surface area (Å²) in [5, 5.41) is 15.8. The lowest BCUT2D eigenvalue weighted by atomic mass is 10.2. The molecule has 0 saturated heterocycles. The molecule has 0 fully saturated rings. The second-order valence-corrected chi connectivity index (χ2v) is 5.38. The molecule has 0 atom stereocenters. The maximum absolute atomic E-state index is 12.5. The molecule has 7 heteroatoms. The minimum atomic E-state index is -0.288. The molecule has 1 aromatic carbocycles. The minimum Gasteiger partial charge on any atom is -0.317 e. The second-order valence-electron chi connectivity index (χ2n) is 5.38. The van der Waals surface area contributed by atoms with E-state index in [2.05, 4.69) is 20.6 Å². The van der Waals surface area contributed by atoms with Gasteiger partial charge in [0.25, 0.3) is 5.91 Å². The number of anilines is 1. The van der Waals surface area contributed by atoms with Crippen LogP contribution >= 0.6 is 0 Å². The predicted octanol–water partition coefficient (Wildman–Crippen LogP) is 2.18. The number of benzene rings is 1. The van der Waals surface area contributed by atoms with E-state index in [0.29, 0.717) is 17.1 Å². The molecule has 0 unspecified atom stereocenters. The Hall–Kier alpha value is -2.96. The van der Waals surface area contributed by atoms with Gasteiger partial charge in [0.1, 0.15) is 0 Å². The molecule has 0 spiro atoms. The zero-order chi connectivity index (χ0) is 16.6. The fourth-order valence-electron chi connectivity index (χ4n) is 2.39. The molecule has 118 valence electrons. The van der Waals surface area contributed by atoms with E-state index in [1.807, 2.05) is 51.2 Å². The Bertz CT molecular complexity index is 862. The predicted molar refractivity (Wildman–Crippen MR) is 86.7 cm³/mol. The van der Waals surface area contributed by atoms with E-state index in [0.717, 1.165) is 17.1 Å². The first kappa shape index (κ1) is 15.0. The van der Waals surface area contributed by atoms with Crippen LogP contribution in [0.3, 0.4) is 0 Å². The third-order valence-corrected chi connectivity index (χ3v) is 3.73. The summed E-state index contributed by atoms with van der Waals surface area (Å²) >= 11 is 0. The SMILES string of the molecule is Cc1nn(-c2ccccc2)nc1C(=O)Nc1c(C)nn(C)c1C. The third-order valence-electron chi connectivity index (χ3n) is 3.73. The van der Waals surface area contributed by atoms with Crippen LogP contribution in [0, 0.1) is 20.8 Å². The molecule has 3 rings (SSSR count). The molecule has 0 aliphatic carbocycles. The van der Waals surface area contributed by atoms with Crippen LogP contribution in [-0.4, -0.2) is 30.7 Å². The Morgan fingerprint density at radius 3 is 2.30 bits per heavy atom.